The number of nitrogens with zero attached hydrogens (tertiary/aromatic N) is 4. The first-order valence-corrected chi connectivity index (χ1v) is 8.48. The lowest BCUT2D eigenvalue weighted by molar-refractivity contribution is 0.617. The molecule has 0 fully saturated rings. The van der Waals surface area contributed by atoms with Crippen molar-refractivity contribution in [3.63, 3.8) is 0 Å². The number of fused-ring (bicyclic) bond motifs is 1. The Morgan fingerprint density at radius 1 is 1.04 bits per heavy atom. The smallest absolute Gasteiger partial charge is 0.143 e. The summed E-state index contributed by atoms with van der Waals surface area (Å²) in [5, 5.41) is 0. The summed E-state index contributed by atoms with van der Waals surface area (Å²) >= 11 is 0. The van der Waals surface area contributed by atoms with E-state index >= 15 is 0 Å². The molecule has 0 bridgehead atoms. The molecular weight excluding hydrogens is 315 g/mol. The molecule has 4 nitrogen and oxygen atoms in total. The molecule has 0 spiro atoms. The molecule has 0 aliphatic heterocycles. The fourth-order valence-corrected chi connectivity index (χ4v) is 3.20. The van der Waals surface area contributed by atoms with Crippen LogP contribution in [0.3, 0.4) is 0 Å². The number of imidazole rings is 2. The summed E-state index contributed by atoms with van der Waals surface area (Å²) < 4.78 is 18.4. The maximum Gasteiger partial charge on any atom is 0.143 e. The molecule has 2 aromatic carbocycles. The van der Waals surface area contributed by atoms with Crippen LogP contribution in [0, 0.1) is 5.82 Å². The third-order valence-corrected chi connectivity index (χ3v) is 4.32. The number of benzene rings is 2. The van der Waals surface area contributed by atoms with Gasteiger partial charge < -0.3 is 9.13 Å². The monoisotopic (exact) mass is 334 g/mol. The van der Waals surface area contributed by atoms with E-state index in [-0.39, 0.29) is 5.82 Å². The van der Waals surface area contributed by atoms with Crippen molar-refractivity contribution in [1.29, 1.82) is 0 Å². The van der Waals surface area contributed by atoms with Gasteiger partial charge in [-0.05, 0) is 30.7 Å². The SMILES string of the molecule is CCCn1c(Cn2ccnc2-c2ccccc2F)nc2ccccc21. The van der Waals surface area contributed by atoms with E-state index in [9.17, 15) is 4.39 Å². The Morgan fingerprint density at radius 3 is 2.68 bits per heavy atom. The fourth-order valence-electron chi connectivity index (χ4n) is 3.20. The zero-order chi connectivity index (χ0) is 17.2. The second-order valence-electron chi connectivity index (χ2n) is 6.03. The maximum absolute atomic E-state index is 14.2. The Kier molecular flexibility index (Phi) is 4.06. The lowest BCUT2D eigenvalue weighted by atomic mass is 10.2. The Morgan fingerprint density at radius 2 is 1.84 bits per heavy atom. The van der Waals surface area contributed by atoms with Gasteiger partial charge in [-0.15, -0.1) is 0 Å². The quantitative estimate of drug-likeness (QED) is 0.539. The predicted octanol–water partition coefficient (Wildman–Crippen LogP) is 4.50. The average Bonchev–Trinajstić information content (AvgIpc) is 3.21. The van der Waals surface area contributed by atoms with E-state index in [4.69, 9.17) is 4.98 Å². The predicted molar refractivity (Wildman–Crippen MR) is 96.7 cm³/mol. The van der Waals surface area contributed by atoms with Crippen LogP contribution in [-0.2, 0) is 13.1 Å². The second kappa shape index (κ2) is 6.51. The Balaban J connectivity index is 1.77. The highest BCUT2D eigenvalue weighted by atomic mass is 19.1. The number of para-hydroxylation sites is 2. The highest BCUT2D eigenvalue weighted by molar-refractivity contribution is 5.75. The van der Waals surface area contributed by atoms with Gasteiger partial charge in [-0.3, -0.25) is 0 Å². The standard InChI is InChI=1S/C20H19FN4/c1-2-12-25-18-10-6-5-9-17(18)23-19(25)14-24-13-11-22-20(24)15-7-3-4-8-16(15)21/h3-11,13H,2,12,14H2,1H3. The van der Waals surface area contributed by atoms with E-state index in [2.05, 4.69) is 22.5 Å². The number of aryl methyl sites for hydroxylation is 1. The largest absolute Gasteiger partial charge is 0.326 e. The van der Waals surface area contributed by atoms with Gasteiger partial charge in [0.05, 0.1) is 23.1 Å². The van der Waals surface area contributed by atoms with Crippen LogP contribution in [0.4, 0.5) is 4.39 Å². The van der Waals surface area contributed by atoms with Crippen molar-refractivity contribution in [2.45, 2.75) is 26.4 Å². The lowest BCUT2D eigenvalue weighted by Gasteiger charge is -2.11. The maximum atomic E-state index is 14.2. The molecule has 0 saturated heterocycles. The van der Waals surface area contributed by atoms with Crippen LogP contribution in [-0.4, -0.2) is 19.1 Å². The molecule has 25 heavy (non-hydrogen) atoms. The van der Waals surface area contributed by atoms with Gasteiger partial charge in [0.25, 0.3) is 0 Å². The number of rotatable bonds is 5. The molecule has 0 unspecified atom stereocenters. The summed E-state index contributed by atoms with van der Waals surface area (Å²) in [7, 11) is 0. The molecule has 2 aromatic heterocycles. The van der Waals surface area contributed by atoms with Crippen molar-refractivity contribution in [3.05, 3.63) is 72.6 Å². The zero-order valence-electron chi connectivity index (χ0n) is 14.1. The molecule has 0 amide bonds. The molecule has 0 atom stereocenters. The van der Waals surface area contributed by atoms with E-state index in [1.165, 1.54) is 6.07 Å². The number of halogens is 1. The van der Waals surface area contributed by atoms with Gasteiger partial charge in [-0.25, -0.2) is 14.4 Å². The molecule has 0 saturated carbocycles. The normalized spacial score (nSPS) is 11.3. The van der Waals surface area contributed by atoms with Gasteiger partial charge in [0.15, 0.2) is 0 Å². The Bertz CT molecular complexity index is 1020. The van der Waals surface area contributed by atoms with Crippen LogP contribution >= 0.6 is 0 Å². The van der Waals surface area contributed by atoms with E-state index in [0.717, 1.165) is 29.8 Å². The van der Waals surface area contributed by atoms with Crippen molar-refractivity contribution < 1.29 is 4.39 Å². The summed E-state index contributed by atoms with van der Waals surface area (Å²) in [6, 6.07) is 14.9. The minimum atomic E-state index is -0.267. The van der Waals surface area contributed by atoms with Crippen molar-refractivity contribution >= 4 is 11.0 Å². The van der Waals surface area contributed by atoms with Gasteiger partial charge in [0.1, 0.15) is 17.5 Å². The molecular formula is C20H19FN4. The summed E-state index contributed by atoms with van der Waals surface area (Å²) in [5.41, 5.74) is 2.62. The molecule has 0 N–H and O–H groups in total. The van der Waals surface area contributed by atoms with E-state index < -0.39 is 0 Å². The summed E-state index contributed by atoms with van der Waals surface area (Å²) in [4.78, 5) is 9.14. The number of hydrogen-bond acceptors (Lipinski definition) is 2. The van der Waals surface area contributed by atoms with Gasteiger partial charge in [0, 0.05) is 18.9 Å². The van der Waals surface area contributed by atoms with Crippen LogP contribution in [0.2, 0.25) is 0 Å². The second-order valence-corrected chi connectivity index (χ2v) is 6.03. The summed E-state index contributed by atoms with van der Waals surface area (Å²) in [5.74, 6) is 1.31. The van der Waals surface area contributed by atoms with Gasteiger partial charge >= 0.3 is 0 Å². The minimum Gasteiger partial charge on any atom is -0.326 e. The zero-order valence-corrected chi connectivity index (χ0v) is 14.1. The van der Waals surface area contributed by atoms with Crippen molar-refractivity contribution in [2.75, 3.05) is 0 Å². The lowest BCUT2D eigenvalue weighted by Crippen LogP contribution is -2.09. The van der Waals surface area contributed by atoms with E-state index in [1.807, 2.05) is 35.0 Å². The van der Waals surface area contributed by atoms with Gasteiger partial charge in [-0.2, -0.15) is 0 Å². The molecule has 0 aliphatic rings. The van der Waals surface area contributed by atoms with Gasteiger partial charge in [0.2, 0.25) is 0 Å². The van der Waals surface area contributed by atoms with Gasteiger partial charge in [-0.1, -0.05) is 31.2 Å². The number of hydrogen-bond donors (Lipinski definition) is 0. The first-order chi connectivity index (χ1) is 12.3. The van der Waals surface area contributed by atoms with Crippen LogP contribution in [0.25, 0.3) is 22.4 Å². The van der Waals surface area contributed by atoms with Crippen LogP contribution in [0.15, 0.2) is 60.9 Å². The first kappa shape index (κ1) is 15.6. The molecule has 0 radical (unpaired) electrons. The minimum absolute atomic E-state index is 0.267. The van der Waals surface area contributed by atoms with Crippen molar-refractivity contribution in [1.82, 2.24) is 19.1 Å². The third kappa shape index (κ3) is 2.82. The molecule has 0 aliphatic carbocycles. The van der Waals surface area contributed by atoms with Crippen molar-refractivity contribution in [2.24, 2.45) is 0 Å². The fraction of sp³-hybridized carbons (Fsp3) is 0.200. The average molecular weight is 334 g/mol. The van der Waals surface area contributed by atoms with Crippen LogP contribution in [0.1, 0.15) is 19.2 Å². The van der Waals surface area contributed by atoms with Crippen LogP contribution < -0.4 is 0 Å². The molecule has 126 valence electrons. The highest BCUT2D eigenvalue weighted by Gasteiger charge is 2.14. The molecule has 4 aromatic rings. The van der Waals surface area contributed by atoms with E-state index in [1.54, 1.807) is 18.3 Å². The van der Waals surface area contributed by atoms with E-state index in [0.29, 0.717) is 17.9 Å². The van der Waals surface area contributed by atoms with Crippen molar-refractivity contribution in [3.8, 4) is 11.4 Å². The third-order valence-electron chi connectivity index (χ3n) is 4.32. The number of aromatic nitrogens is 4. The molecule has 2 heterocycles. The Labute approximate surface area is 145 Å². The first-order valence-electron chi connectivity index (χ1n) is 8.48. The summed E-state index contributed by atoms with van der Waals surface area (Å²) in [6.45, 7) is 3.61. The summed E-state index contributed by atoms with van der Waals surface area (Å²) in [6.07, 6.45) is 4.60. The van der Waals surface area contributed by atoms with Crippen LogP contribution in [0.5, 0.6) is 0 Å². The Hall–Kier alpha value is -2.95. The topological polar surface area (TPSA) is 35.6 Å². The molecule has 4 rings (SSSR count). The molecule has 5 heteroatoms. The highest BCUT2D eigenvalue weighted by Crippen LogP contribution is 2.23.